The molecule has 2 unspecified atom stereocenters. The van der Waals surface area contributed by atoms with Gasteiger partial charge in [-0.25, -0.2) is 4.79 Å². The zero-order valence-electron chi connectivity index (χ0n) is 40.3. The number of unbranched alkanes of at least 4 members (excludes halogenated alkanes) is 17. The Bertz CT molecular complexity index is 1240. The van der Waals surface area contributed by atoms with Crippen LogP contribution in [-0.4, -0.2) is 87.4 Å². The van der Waals surface area contributed by atoms with Crippen molar-refractivity contribution in [3.05, 3.63) is 72.9 Å². The lowest BCUT2D eigenvalue weighted by atomic mass is 10.1. The number of ether oxygens (including phenoxy) is 4. The van der Waals surface area contributed by atoms with E-state index in [0.717, 1.165) is 96.3 Å². The molecule has 62 heavy (non-hydrogen) atoms. The van der Waals surface area contributed by atoms with E-state index in [1.54, 1.807) is 0 Å². The van der Waals surface area contributed by atoms with E-state index < -0.39 is 24.3 Å². The quantitative estimate of drug-likeness (QED) is 0.0212. The Hall–Kier alpha value is -3.27. The van der Waals surface area contributed by atoms with E-state index in [-0.39, 0.29) is 38.6 Å². The van der Waals surface area contributed by atoms with Crippen molar-refractivity contribution in [2.75, 3.05) is 47.5 Å². The van der Waals surface area contributed by atoms with Crippen LogP contribution in [0.2, 0.25) is 0 Å². The predicted octanol–water partition coefficient (Wildman–Crippen LogP) is 13.5. The fourth-order valence-electron chi connectivity index (χ4n) is 6.39. The summed E-state index contributed by atoms with van der Waals surface area (Å²) in [5.74, 6) is -2.03. The minimum atomic E-state index is -1.51. The van der Waals surface area contributed by atoms with Crippen LogP contribution in [0.15, 0.2) is 72.9 Å². The van der Waals surface area contributed by atoms with E-state index in [1.165, 1.54) is 57.8 Å². The zero-order chi connectivity index (χ0) is 45.6. The van der Waals surface area contributed by atoms with Gasteiger partial charge in [0.1, 0.15) is 13.2 Å². The van der Waals surface area contributed by atoms with Crippen LogP contribution in [0.1, 0.15) is 187 Å². The highest BCUT2D eigenvalue weighted by atomic mass is 16.7. The summed E-state index contributed by atoms with van der Waals surface area (Å²) in [5, 5.41) is 9.65. The first-order valence-corrected chi connectivity index (χ1v) is 24.6. The summed E-state index contributed by atoms with van der Waals surface area (Å²) in [5.41, 5.74) is 0. The van der Waals surface area contributed by atoms with Gasteiger partial charge in [-0.3, -0.25) is 9.59 Å². The Labute approximate surface area is 379 Å². The number of carbonyl (C=O) groups excluding carboxylic acids is 2. The first kappa shape index (κ1) is 58.7. The summed E-state index contributed by atoms with van der Waals surface area (Å²) in [6.07, 6.45) is 52.5. The van der Waals surface area contributed by atoms with Crippen LogP contribution in [0.25, 0.3) is 0 Å². The van der Waals surface area contributed by atoms with E-state index >= 15 is 0 Å². The number of aliphatic carboxylic acids is 1. The number of carbonyl (C=O) groups is 3. The molecule has 0 aliphatic rings. The van der Waals surface area contributed by atoms with E-state index in [4.69, 9.17) is 18.9 Å². The Balaban J connectivity index is 4.33. The predicted molar refractivity (Wildman–Crippen MR) is 258 cm³/mol. The molecule has 0 spiro atoms. The highest BCUT2D eigenvalue weighted by Crippen LogP contribution is 2.14. The highest BCUT2D eigenvalue weighted by Gasteiger charge is 2.25. The number of esters is 2. The lowest BCUT2D eigenvalue weighted by molar-refractivity contribution is -0.870. The molecule has 1 N–H and O–H groups in total. The molecule has 0 saturated carbocycles. The van der Waals surface area contributed by atoms with Crippen molar-refractivity contribution >= 4 is 17.9 Å². The number of hydrogen-bond donors (Lipinski definition) is 1. The minimum Gasteiger partial charge on any atom is -0.477 e. The zero-order valence-corrected chi connectivity index (χ0v) is 40.3. The molecule has 0 bridgehead atoms. The topological polar surface area (TPSA) is 108 Å². The van der Waals surface area contributed by atoms with Gasteiger partial charge in [-0.15, -0.1) is 0 Å². The minimum absolute atomic E-state index is 0.182. The Morgan fingerprint density at radius 1 is 0.500 bits per heavy atom. The van der Waals surface area contributed by atoms with Crippen LogP contribution in [0.5, 0.6) is 0 Å². The van der Waals surface area contributed by atoms with Gasteiger partial charge < -0.3 is 28.5 Å². The largest absolute Gasteiger partial charge is 0.477 e. The maximum absolute atomic E-state index is 12.8. The van der Waals surface area contributed by atoms with Gasteiger partial charge in [-0.2, -0.15) is 0 Å². The van der Waals surface area contributed by atoms with Crippen molar-refractivity contribution in [1.82, 2.24) is 0 Å². The van der Waals surface area contributed by atoms with Gasteiger partial charge in [-0.1, -0.05) is 164 Å². The fourth-order valence-corrected chi connectivity index (χ4v) is 6.39. The van der Waals surface area contributed by atoms with Crippen molar-refractivity contribution in [3.8, 4) is 0 Å². The second-order valence-corrected chi connectivity index (χ2v) is 17.4. The van der Waals surface area contributed by atoms with Gasteiger partial charge in [0.05, 0.1) is 34.4 Å². The van der Waals surface area contributed by atoms with E-state index in [0.29, 0.717) is 17.4 Å². The first-order valence-electron chi connectivity index (χ1n) is 24.6. The maximum atomic E-state index is 12.8. The molecule has 0 rings (SSSR count). The molecule has 0 fully saturated rings. The molecule has 0 amide bonds. The fraction of sp³-hybridized carbons (Fsp3) is 0.717. The van der Waals surface area contributed by atoms with Crippen molar-refractivity contribution in [3.63, 3.8) is 0 Å². The standard InChI is InChI=1S/C53H91NO8/c1-6-8-10-12-14-16-18-20-21-22-23-24-25-26-27-28-29-30-31-32-34-36-38-40-42-44-51(56)62-49(48-61-53(52(57)58)59-46-45-54(3,4)5)47-60-50(55)43-41-39-37-35-33-19-17-15-13-11-9-7-2/h8,10,14-17,20-21,23-24,26-27,49,53H,6-7,9,11-13,18-19,22,25,28-48H2,1-5H3/p+1/b10-8-,16-14-,17-15-,21-20-,24-23-,27-26-. The van der Waals surface area contributed by atoms with Gasteiger partial charge in [0.2, 0.25) is 0 Å². The number of likely N-dealkylation sites (N-methyl/N-ethyl adjacent to an activating group) is 1. The van der Waals surface area contributed by atoms with Crippen LogP contribution in [-0.2, 0) is 33.3 Å². The van der Waals surface area contributed by atoms with Crippen LogP contribution >= 0.6 is 0 Å². The number of rotatable bonds is 44. The van der Waals surface area contributed by atoms with Crippen molar-refractivity contribution < 1.29 is 42.9 Å². The number of carboxylic acids is 1. The second kappa shape index (κ2) is 44.3. The summed E-state index contributed by atoms with van der Waals surface area (Å²) in [4.78, 5) is 37.2. The van der Waals surface area contributed by atoms with E-state index in [2.05, 4.69) is 86.8 Å². The summed E-state index contributed by atoms with van der Waals surface area (Å²) in [6, 6.07) is 0. The summed E-state index contributed by atoms with van der Waals surface area (Å²) < 4.78 is 22.7. The molecule has 2 atom stereocenters. The van der Waals surface area contributed by atoms with Gasteiger partial charge in [0, 0.05) is 12.8 Å². The van der Waals surface area contributed by atoms with E-state index in [1.807, 2.05) is 21.1 Å². The summed E-state index contributed by atoms with van der Waals surface area (Å²) in [7, 11) is 5.95. The normalized spacial score (nSPS) is 13.5. The number of quaternary nitrogens is 1. The SMILES string of the molecule is CC/C=C\C/C=C\C/C=C\C/C=C\C/C=C\CCCCCCCCCCCC(=O)OC(COC(=O)CCCCCCC/C=C\CCCCC)COC(OCC[N+](C)(C)C)C(=O)O. The molecular weight excluding hydrogens is 779 g/mol. The smallest absolute Gasteiger partial charge is 0.361 e. The van der Waals surface area contributed by atoms with Gasteiger partial charge in [0.25, 0.3) is 6.29 Å². The molecular formula is C53H92NO8+. The number of nitrogens with zero attached hydrogens (tertiary/aromatic N) is 1. The maximum Gasteiger partial charge on any atom is 0.361 e. The Morgan fingerprint density at radius 2 is 0.919 bits per heavy atom. The molecule has 9 nitrogen and oxygen atoms in total. The molecule has 0 aliphatic carbocycles. The lowest BCUT2D eigenvalue weighted by Crippen LogP contribution is -2.40. The third-order valence-electron chi connectivity index (χ3n) is 10.2. The van der Waals surface area contributed by atoms with Crippen LogP contribution in [0.3, 0.4) is 0 Å². The van der Waals surface area contributed by atoms with Gasteiger partial charge >= 0.3 is 17.9 Å². The highest BCUT2D eigenvalue weighted by molar-refractivity contribution is 5.71. The molecule has 0 aromatic heterocycles. The molecule has 0 aromatic carbocycles. The number of allylic oxidation sites excluding steroid dienone is 12. The molecule has 356 valence electrons. The third kappa shape index (κ3) is 44.8. The van der Waals surface area contributed by atoms with Crippen molar-refractivity contribution in [1.29, 1.82) is 0 Å². The average molecular weight is 871 g/mol. The molecule has 0 aliphatic heterocycles. The average Bonchev–Trinajstić information content (AvgIpc) is 3.23. The Morgan fingerprint density at radius 3 is 1.39 bits per heavy atom. The number of carboxylic acid groups (broad SMARTS) is 1. The van der Waals surface area contributed by atoms with E-state index in [9.17, 15) is 19.5 Å². The van der Waals surface area contributed by atoms with Gasteiger partial charge in [-0.05, 0) is 83.5 Å². The first-order chi connectivity index (χ1) is 30.1. The van der Waals surface area contributed by atoms with Crippen LogP contribution < -0.4 is 0 Å². The Kier molecular flexibility index (Phi) is 42.0. The third-order valence-corrected chi connectivity index (χ3v) is 10.2. The monoisotopic (exact) mass is 871 g/mol. The number of hydrogen-bond acceptors (Lipinski definition) is 7. The molecule has 0 radical (unpaired) electrons. The van der Waals surface area contributed by atoms with Crippen molar-refractivity contribution in [2.24, 2.45) is 0 Å². The van der Waals surface area contributed by atoms with Crippen molar-refractivity contribution in [2.45, 2.75) is 200 Å². The summed E-state index contributed by atoms with van der Waals surface area (Å²) in [6.45, 7) is 4.70. The lowest BCUT2D eigenvalue weighted by Gasteiger charge is -2.25. The molecule has 0 heterocycles. The molecule has 0 saturated heterocycles. The van der Waals surface area contributed by atoms with Gasteiger partial charge in [0.15, 0.2) is 6.10 Å². The molecule has 9 heteroatoms. The summed E-state index contributed by atoms with van der Waals surface area (Å²) >= 11 is 0. The second-order valence-electron chi connectivity index (χ2n) is 17.4. The molecule has 0 aromatic rings. The van der Waals surface area contributed by atoms with Crippen LogP contribution in [0, 0.1) is 0 Å². The van der Waals surface area contributed by atoms with Crippen LogP contribution in [0.4, 0.5) is 0 Å².